The molecule has 0 bridgehead atoms. The molecule has 1 fully saturated rings. The molecule has 0 spiro atoms. The number of nitrogens with one attached hydrogen (secondary N) is 1. The van der Waals surface area contributed by atoms with Crippen molar-refractivity contribution in [2.24, 2.45) is 0 Å². The second kappa shape index (κ2) is 6.24. The van der Waals surface area contributed by atoms with Gasteiger partial charge in [0.2, 0.25) is 0 Å². The van der Waals surface area contributed by atoms with Crippen LogP contribution in [0.5, 0.6) is 6.01 Å². The molecule has 1 aliphatic rings. The first-order valence-electron chi connectivity index (χ1n) is 8.62. The van der Waals surface area contributed by atoms with Gasteiger partial charge in [0.25, 0.3) is 0 Å². The highest BCUT2D eigenvalue weighted by atomic mass is 16.5. The summed E-state index contributed by atoms with van der Waals surface area (Å²) in [7, 11) is 1.59. The van der Waals surface area contributed by atoms with Crippen LogP contribution >= 0.6 is 0 Å². The van der Waals surface area contributed by atoms with E-state index in [1.165, 1.54) is 24.0 Å². The van der Waals surface area contributed by atoms with Crippen LogP contribution in [0.2, 0.25) is 0 Å². The van der Waals surface area contributed by atoms with Crippen LogP contribution in [0, 0.1) is 0 Å². The number of nitrogen functional groups attached to an aromatic ring is 1. The minimum Gasteiger partial charge on any atom is -0.467 e. The number of fused-ring (bicyclic) bond motifs is 1. The summed E-state index contributed by atoms with van der Waals surface area (Å²) >= 11 is 0. The van der Waals surface area contributed by atoms with Gasteiger partial charge < -0.3 is 15.8 Å². The highest BCUT2D eigenvalue weighted by molar-refractivity contribution is 5.93. The van der Waals surface area contributed by atoms with Crippen molar-refractivity contribution in [1.82, 2.24) is 9.97 Å². The summed E-state index contributed by atoms with van der Waals surface area (Å²) in [5.74, 6) is 1.32. The second-order valence-electron chi connectivity index (χ2n) is 6.61. The van der Waals surface area contributed by atoms with E-state index in [0.717, 1.165) is 22.4 Å². The molecule has 2 aromatic carbocycles. The quantitative estimate of drug-likeness (QED) is 0.682. The predicted molar refractivity (Wildman–Crippen MR) is 101 cm³/mol. The van der Waals surface area contributed by atoms with Gasteiger partial charge in [-0.1, -0.05) is 30.3 Å². The number of hydrogen-bond donors (Lipinski definition) is 2. The molecule has 1 saturated carbocycles. The van der Waals surface area contributed by atoms with Crippen molar-refractivity contribution in [2.45, 2.75) is 31.7 Å². The highest BCUT2D eigenvalue weighted by Crippen LogP contribution is 2.44. The van der Waals surface area contributed by atoms with Gasteiger partial charge in [-0.15, -0.1) is 0 Å². The van der Waals surface area contributed by atoms with Crippen LogP contribution < -0.4 is 15.8 Å². The Morgan fingerprint density at radius 2 is 1.92 bits per heavy atom. The molecule has 1 heterocycles. The number of rotatable bonds is 5. The number of nitrogens with zero attached hydrogens (tertiary/aromatic N) is 2. The molecule has 1 aliphatic carbocycles. The number of aromatic nitrogens is 2. The number of benzene rings is 2. The third-order valence-electron chi connectivity index (χ3n) is 4.73. The Bertz CT molecular complexity index is 906. The molecule has 0 aliphatic heterocycles. The van der Waals surface area contributed by atoms with E-state index < -0.39 is 0 Å². The van der Waals surface area contributed by atoms with Crippen molar-refractivity contribution in [1.29, 1.82) is 0 Å². The fourth-order valence-electron chi connectivity index (χ4n) is 3.17. The summed E-state index contributed by atoms with van der Waals surface area (Å²) < 4.78 is 5.30. The minimum absolute atomic E-state index is 0.105. The van der Waals surface area contributed by atoms with Crippen LogP contribution in [0.3, 0.4) is 0 Å². The zero-order valence-corrected chi connectivity index (χ0v) is 14.5. The molecule has 0 radical (unpaired) electrons. The van der Waals surface area contributed by atoms with E-state index in [2.05, 4.69) is 40.4 Å². The Kier molecular flexibility index (Phi) is 3.92. The van der Waals surface area contributed by atoms with Gasteiger partial charge in [-0.05, 0) is 48.9 Å². The second-order valence-corrected chi connectivity index (χ2v) is 6.61. The van der Waals surface area contributed by atoms with Crippen molar-refractivity contribution >= 4 is 22.4 Å². The largest absolute Gasteiger partial charge is 0.467 e. The van der Waals surface area contributed by atoms with Crippen LogP contribution in [0.4, 0.5) is 11.5 Å². The number of hydrogen-bond acceptors (Lipinski definition) is 5. The lowest BCUT2D eigenvalue weighted by molar-refractivity contribution is 0.382. The predicted octanol–water partition coefficient (Wildman–Crippen LogP) is 4.27. The lowest BCUT2D eigenvalue weighted by Crippen LogP contribution is -2.10. The van der Waals surface area contributed by atoms with Crippen LogP contribution in [-0.4, -0.2) is 17.1 Å². The van der Waals surface area contributed by atoms with Gasteiger partial charge in [0.15, 0.2) is 0 Å². The molecule has 1 atom stereocenters. The maximum Gasteiger partial charge on any atom is 0.318 e. The first-order chi connectivity index (χ1) is 12.2. The van der Waals surface area contributed by atoms with Crippen molar-refractivity contribution < 1.29 is 4.74 Å². The van der Waals surface area contributed by atoms with Crippen LogP contribution in [-0.2, 0) is 0 Å². The average Bonchev–Trinajstić information content (AvgIpc) is 3.47. The summed E-state index contributed by atoms with van der Waals surface area (Å²) in [5, 5.41) is 4.40. The Hall–Kier alpha value is -2.82. The summed E-state index contributed by atoms with van der Waals surface area (Å²) in [6.45, 7) is 2.11. The van der Waals surface area contributed by atoms with Gasteiger partial charge in [-0.3, -0.25) is 0 Å². The lowest BCUT2D eigenvalue weighted by atomic mass is 10.0. The maximum absolute atomic E-state index is 6.29. The van der Waals surface area contributed by atoms with E-state index >= 15 is 0 Å². The molecule has 3 aromatic rings. The van der Waals surface area contributed by atoms with E-state index in [9.17, 15) is 0 Å². The molecule has 0 amide bonds. The normalized spacial score (nSPS) is 15.1. The summed E-state index contributed by atoms with van der Waals surface area (Å²) in [6.07, 6.45) is 2.40. The molecule has 0 unspecified atom stereocenters. The van der Waals surface area contributed by atoms with Gasteiger partial charge >= 0.3 is 6.01 Å². The zero-order valence-electron chi connectivity index (χ0n) is 14.5. The van der Waals surface area contributed by atoms with Gasteiger partial charge in [-0.2, -0.15) is 9.97 Å². The molecule has 25 heavy (non-hydrogen) atoms. The van der Waals surface area contributed by atoms with Crippen LogP contribution in [0.15, 0.2) is 42.5 Å². The number of anilines is 2. The first kappa shape index (κ1) is 15.7. The van der Waals surface area contributed by atoms with E-state index in [1.807, 2.05) is 24.3 Å². The van der Waals surface area contributed by atoms with E-state index in [1.54, 1.807) is 7.11 Å². The van der Waals surface area contributed by atoms with E-state index in [0.29, 0.717) is 11.9 Å². The van der Waals surface area contributed by atoms with E-state index in [4.69, 9.17) is 10.5 Å². The molecule has 5 nitrogen and oxygen atoms in total. The molecule has 128 valence electrons. The molecule has 3 N–H and O–H groups in total. The molecular weight excluding hydrogens is 312 g/mol. The third kappa shape index (κ3) is 3.09. The topological polar surface area (TPSA) is 73.1 Å². The smallest absolute Gasteiger partial charge is 0.318 e. The molecular formula is C20H22N4O. The Balaban J connectivity index is 1.77. The summed E-state index contributed by atoms with van der Waals surface area (Å²) in [4.78, 5) is 9.03. The van der Waals surface area contributed by atoms with Gasteiger partial charge in [0.05, 0.1) is 12.6 Å². The number of nitrogens with two attached hydrogens (primary N) is 1. The number of ether oxygens (including phenoxy) is 1. The molecule has 4 rings (SSSR count). The fraction of sp³-hybridized carbons (Fsp3) is 0.300. The van der Waals surface area contributed by atoms with Crippen LogP contribution in [0.25, 0.3) is 10.9 Å². The molecule has 5 heteroatoms. The van der Waals surface area contributed by atoms with Crippen molar-refractivity contribution in [3.63, 3.8) is 0 Å². The summed E-state index contributed by atoms with van der Waals surface area (Å²) in [6, 6.07) is 14.8. The minimum atomic E-state index is 0.105. The Morgan fingerprint density at radius 1 is 1.16 bits per heavy atom. The van der Waals surface area contributed by atoms with Gasteiger partial charge in [0, 0.05) is 17.1 Å². The lowest BCUT2D eigenvalue weighted by Gasteiger charge is -2.17. The molecule has 1 aromatic heterocycles. The average molecular weight is 334 g/mol. The Labute approximate surface area is 147 Å². The Morgan fingerprint density at radius 3 is 2.60 bits per heavy atom. The highest BCUT2D eigenvalue weighted by Gasteiger charge is 2.26. The monoisotopic (exact) mass is 334 g/mol. The zero-order chi connectivity index (χ0) is 17.4. The SMILES string of the molecule is COc1nc(N[C@H](C)c2ccccc2)c2cc(N)c(C3CC3)cc2n1. The number of methoxy groups -OCH3 is 1. The molecule has 0 saturated heterocycles. The van der Waals surface area contributed by atoms with Gasteiger partial charge in [-0.25, -0.2) is 0 Å². The third-order valence-corrected chi connectivity index (χ3v) is 4.73. The fourth-order valence-corrected chi connectivity index (χ4v) is 3.17. The maximum atomic E-state index is 6.29. The van der Waals surface area contributed by atoms with E-state index in [-0.39, 0.29) is 6.04 Å². The van der Waals surface area contributed by atoms with Gasteiger partial charge in [0.1, 0.15) is 5.82 Å². The van der Waals surface area contributed by atoms with Crippen molar-refractivity contribution in [2.75, 3.05) is 18.2 Å². The first-order valence-corrected chi connectivity index (χ1v) is 8.62. The van der Waals surface area contributed by atoms with Crippen molar-refractivity contribution in [3.8, 4) is 6.01 Å². The van der Waals surface area contributed by atoms with Crippen molar-refractivity contribution in [3.05, 3.63) is 53.6 Å². The van der Waals surface area contributed by atoms with Crippen LogP contribution in [0.1, 0.15) is 42.9 Å². The standard InChI is InChI=1S/C20H22N4O/c1-12(13-6-4-3-5-7-13)22-19-16-10-17(21)15(14-8-9-14)11-18(16)23-20(24-19)25-2/h3-7,10-12,14H,8-9,21H2,1-2H3,(H,22,23,24)/t12-/m1/s1. The summed E-state index contributed by atoms with van der Waals surface area (Å²) in [5.41, 5.74) is 10.4.